The maximum absolute atomic E-state index is 13.5. The molecule has 10 nitrogen and oxygen atoms in total. The lowest BCUT2D eigenvalue weighted by Gasteiger charge is -2.61. The van der Waals surface area contributed by atoms with Gasteiger partial charge in [-0.05, 0) is 113 Å². The lowest BCUT2D eigenvalue weighted by atomic mass is 9.82. The van der Waals surface area contributed by atoms with E-state index in [1.165, 1.54) is 0 Å². The smallest absolute Gasteiger partial charge is 0.308 e. The predicted octanol–water partition coefficient (Wildman–Crippen LogP) is 11.2. The Morgan fingerprint density at radius 3 is 2.02 bits per heavy atom. The molecule has 0 unspecified atom stereocenters. The van der Waals surface area contributed by atoms with Crippen molar-refractivity contribution in [2.75, 3.05) is 18.6 Å². The summed E-state index contributed by atoms with van der Waals surface area (Å²) in [5.74, 6) is 0.938. The molecule has 0 aromatic rings. The Morgan fingerprint density at radius 2 is 1.47 bits per heavy atom. The van der Waals surface area contributed by atoms with Crippen molar-refractivity contribution < 1.29 is 47.2 Å². The summed E-state index contributed by atoms with van der Waals surface area (Å²) in [4.78, 5) is 26.1. The van der Waals surface area contributed by atoms with E-state index >= 15 is 0 Å². The molecule has 11 atom stereocenters. The minimum absolute atomic E-state index is 0.0165. The van der Waals surface area contributed by atoms with Gasteiger partial charge < -0.3 is 37.6 Å². The van der Waals surface area contributed by atoms with Gasteiger partial charge in [0.05, 0.1) is 49.1 Å². The van der Waals surface area contributed by atoms with Crippen LogP contribution in [0.1, 0.15) is 147 Å². The number of hydrogen-bond donors (Lipinski definition) is 1. The van der Waals surface area contributed by atoms with Gasteiger partial charge in [-0.15, -0.1) is 30.1 Å². The number of thioether (sulfide) groups is 2. The molecule has 4 aliphatic rings. The van der Waals surface area contributed by atoms with Crippen molar-refractivity contribution in [3.05, 3.63) is 12.7 Å². The highest BCUT2D eigenvalue weighted by Gasteiger charge is 2.65. The van der Waals surface area contributed by atoms with Crippen molar-refractivity contribution >= 4 is 51.9 Å². The van der Waals surface area contributed by atoms with Crippen LogP contribution in [-0.2, 0) is 42.1 Å². The van der Waals surface area contributed by atoms with Gasteiger partial charge in [0.1, 0.15) is 21.6 Å². The Labute approximate surface area is 387 Å². The van der Waals surface area contributed by atoms with Crippen LogP contribution < -0.4 is 0 Å². The van der Waals surface area contributed by atoms with E-state index in [0.717, 1.165) is 86.3 Å². The predicted molar refractivity (Wildman–Crippen MR) is 260 cm³/mol. The van der Waals surface area contributed by atoms with Gasteiger partial charge in [-0.1, -0.05) is 61.5 Å². The highest BCUT2D eigenvalue weighted by molar-refractivity contribution is 8.18. The summed E-state index contributed by atoms with van der Waals surface area (Å²) in [5, 5.41) is 11.6. The van der Waals surface area contributed by atoms with E-state index in [2.05, 4.69) is 62.0 Å². The molecule has 62 heavy (non-hydrogen) atoms. The summed E-state index contributed by atoms with van der Waals surface area (Å²) in [5.41, 5.74) is -0.556. The number of esters is 1. The lowest BCUT2D eigenvalue weighted by Crippen LogP contribution is -2.69. The standard InChI is InChI=1S/C48H88O10S2Si2/c1-14-34(8)43(57-61(15-2,16-3)17-4)45(58-62(18-5,19-6)20-7)44-40(52-13)25-26-47(56-44)48(59-27-22-28-60-48)33-35(9)41(54-47)31-37(50)29-36(49)30-38-23-21-24-39(53-38)32-42(51)55-46(10,11)12/h14,34-35,37-41,43-45,50H,1,15-33H2,2-13H3/t34-,35-,37-,38+,39-,40-,41+,43-,44-,45-,47+/m1/s1. The van der Waals surface area contributed by atoms with Gasteiger partial charge in [-0.3, -0.25) is 9.59 Å². The summed E-state index contributed by atoms with van der Waals surface area (Å²) in [6, 6.07) is 6.09. The summed E-state index contributed by atoms with van der Waals surface area (Å²) in [6.45, 7) is 28.0. The number of aliphatic hydroxyl groups excluding tert-OH is 1. The van der Waals surface area contributed by atoms with E-state index in [1.54, 1.807) is 7.11 Å². The highest BCUT2D eigenvalue weighted by Crippen LogP contribution is 2.62. The molecular weight excluding hydrogens is 857 g/mol. The number of ether oxygens (including phenoxy) is 5. The Balaban J connectivity index is 1.62. The summed E-state index contributed by atoms with van der Waals surface area (Å²) in [6.07, 6.45) is 5.57. The molecule has 0 aromatic carbocycles. The van der Waals surface area contributed by atoms with E-state index in [-0.39, 0.29) is 83.6 Å². The van der Waals surface area contributed by atoms with Crippen LogP contribution in [0.15, 0.2) is 12.7 Å². The molecule has 0 saturated carbocycles. The number of carbonyl (C=O) groups excluding carboxylic acids is 2. The third-order valence-electron chi connectivity index (χ3n) is 14.7. The van der Waals surface area contributed by atoms with Gasteiger partial charge in [-0.25, -0.2) is 0 Å². The SMILES string of the molecule is C=C[C@@H](C)[C@@H](O[Si](CC)(CC)CC)[C@@H](O[Si](CC)(CC)CC)[C@@H]1O[C@]2(CC[C@H]1OC)O[C@@H](C[C@H](O)CC(=O)C[C@@H]1CCC[C@H](CC(=O)OC(C)(C)C)O1)[C@H](C)CC21SCCCS1. The molecule has 4 saturated heterocycles. The Bertz CT molecular complexity index is 1390. The van der Waals surface area contributed by atoms with Crippen LogP contribution in [0.25, 0.3) is 0 Å². The second kappa shape index (κ2) is 24.1. The van der Waals surface area contributed by atoms with Crippen molar-refractivity contribution in [2.45, 2.75) is 247 Å². The lowest BCUT2D eigenvalue weighted by molar-refractivity contribution is -0.353. The van der Waals surface area contributed by atoms with E-state index < -0.39 is 40.2 Å². The first-order valence-corrected chi connectivity index (χ1v) is 31.6. The number of methoxy groups -OCH3 is 1. The van der Waals surface area contributed by atoms with Crippen LogP contribution in [0.3, 0.4) is 0 Å². The Hall–Kier alpha value is -0.266. The Kier molecular flexibility index (Phi) is 21.2. The maximum Gasteiger partial charge on any atom is 0.308 e. The first-order valence-electron chi connectivity index (χ1n) is 24.6. The fourth-order valence-electron chi connectivity index (χ4n) is 10.4. The molecular formula is C48H88O10S2Si2. The number of hydrogen-bond acceptors (Lipinski definition) is 12. The molecule has 360 valence electrons. The summed E-state index contributed by atoms with van der Waals surface area (Å²) >= 11 is 3.96. The average molecular weight is 946 g/mol. The summed E-state index contributed by atoms with van der Waals surface area (Å²) in [7, 11) is -2.55. The Morgan fingerprint density at radius 1 is 0.887 bits per heavy atom. The third-order valence-corrected chi connectivity index (χ3v) is 27.6. The minimum atomic E-state index is -2.22. The minimum Gasteiger partial charge on any atom is -0.460 e. The topological polar surface area (TPSA) is 119 Å². The number of ketones is 1. The summed E-state index contributed by atoms with van der Waals surface area (Å²) < 4.78 is 48.3. The van der Waals surface area contributed by atoms with E-state index in [4.69, 9.17) is 32.5 Å². The zero-order valence-corrected chi connectivity index (χ0v) is 44.6. The van der Waals surface area contributed by atoms with Crippen molar-refractivity contribution in [3.63, 3.8) is 0 Å². The van der Waals surface area contributed by atoms with Gasteiger partial charge in [0, 0.05) is 38.7 Å². The molecule has 0 aliphatic carbocycles. The number of aliphatic hydroxyl groups is 1. The second-order valence-electron chi connectivity index (χ2n) is 20.0. The molecule has 14 heteroatoms. The van der Waals surface area contributed by atoms with Gasteiger partial charge in [0.2, 0.25) is 0 Å². The van der Waals surface area contributed by atoms with Crippen molar-refractivity contribution in [2.24, 2.45) is 11.8 Å². The van der Waals surface area contributed by atoms with E-state index in [1.807, 2.05) is 50.4 Å². The van der Waals surface area contributed by atoms with Crippen LogP contribution in [0.4, 0.5) is 0 Å². The zero-order valence-electron chi connectivity index (χ0n) is 40.9. The van der Waals surface area contributed by atoms with E-state index in [0.29, 0.717) is 12.8 Å². The van der Waals surface area contributed by atoms with Crippen LogP contribution in [-0.4, -0.2) is 116 Å². The van der Waals surface area contributed by atoms with Crippen LogP contribution in [0, 0.1) is 11.8 Å². The molecule has 0 radical (unpaired) electrons. The number of Topliss-reactive ketones (excluding diaryl/α,β-unsaturated/α-hetero) is 1. The second-order valence-corrected chi connectivity index (χ2v) is 32.5. The molecule has 4 aliphatic heterocycles. The van der Waals surface area contributed by atoms with Crippen molar-refractivity contribution in [1.82, 2.24) is 0 Å². The molecule has 1 N–H and O–H groups in total. The van der Waals surface area contributed by atoms with Crippen LogP contribution >= 0.6 is 23.5 Å². The molecule has 4 heterocycles. The van der Waals surface area contributed by atoms with Gasteiger partial charge >= 0.3 is 5.97 Å². The fraction of sp³-hybridized carbons (Fsp3) is 0.917. The average Bonchev–Trinajstić information content (AvgIpc) is 3.24. The third kappa shape index (κ3) is 13.7. The highest BCUT2D eigenvalue weighted by atomic mass is 32.2. The molecule has 0 aromatic heterocycles. The zero-order chi connectivity index (χ0) is 45.9. The number of carbonyl (C=O) groups is 2. The normalized spacial score (nSPS) is 30.4. The molecule has 0 amide bonds. The number of fused-ring (bicyclic) bond motifs is 1. The van der Waals surface area contributed by atoms with Crippen LogP contribution in [0.5, 0.6) is 0 Å². The first kappa shape index (κ1) is 54.3. The number of rotatable bonds is 23. The van der Waals surface area contributed by atoms with Crippen molar-refractivity contribution in [1.29, 1.82) is 0 Å². The monoisotopic (exact) mass is 945 g/mol. The first-order chi connectivity index (χ1) is 29.3. The molecule has 2 spiro atoms. The van der Waals surface area contributed by atoms with Gasteiger partial charge in [0.25, 0.3) is 0 Å². The largest absolute Gasteiger partial charge is 0.460 e. The molecule has 4 fully saturated rings. The maximum atomic E-state index is 13.5. The van der Waals surface area contributed by atoms with E-state index in [9.17, 15) is 14.7 Å². The van der Waals surface area contributed by atoms with Gasteiger partial charge in [0.15, 0.2) is 22.4 Å². The van der Waals surface area contributed by atoms with Gasteiger partial charge in [-0.2, -0.15) is 0 Å². The fourth-order valence-corrected chi connectivity index (χ4v) is 20.0. The molecule has 0 bridgehead atoms. The quantitative estimate of drug-likeness (QED) is 0.0597. The van der Waals surface area contributed by atoms with Crippen LogP contribution in [0.2, 0.25) is 36.3 Å². The van der Waals surface area contributed by atoms with Crippen molar-refractivity contribution in [3.8, 4) is 0 Å². The molecule has 4 rings (SSSR count).